The summed E-state index contributed by atoms with van der Waals surface area (Å²) in [5.41, 5.74) is 0.620. The van der Waals surface area contributed by atoms with Crippen LogP contribution in [0.3, 0.4) is 0 Å². The molecule has 0 amide bonds. The third kappa shape index (κ3) is 3.37. The van der Waals surface area contributed by atoms with Gasteiger partial charge in [-0.2, -0.15) is 0 Å². The van der Waals surface area contributed by atoms with Crippen LogP contribution in [-0.2, 0) is 0 Å². The maximum absolute atomic E-state index is 9.85. The molecule has 96 valence electrons. The monoisotopic (exact) mass is 237 g/mol. The van der Waals surface area contributed by atoms with Crippen LogP contribution in [-0.4, -0.2) is 28.2 Å². The molecule has 0 fully saturated rings. The molecule has 17 heavy (non-hydrogen) atoms. The molecule has 1 aromatic carbocycles. The minimum Gasteiger partial charge on any atom is -0.507 e. The van der Waals surface area contributed by atoms with E-state index in [-0.39, 0.29) is 17.5 Å². The molecular formula is C14H23NO2. The Morgan fingerprint density at radius 2 is 1.65 bits per heavy atom. The maximum atomic E-state index is 9.85. The molecule has 0 aliphatic carbocycles. The lowest BCUT2D eigenvalue weighted by atomic mass is 10.0. The summed E-state index contributed by atoms with van der Waals surface area (Å²) in [6.07, 6.45) is 0. The van der Waals surface area contributed by atoms with Crippen LogP contribution in [0, 0.1) is 5.92 Å². The number of aromatic hydroxyl groups is 2. The molecule has 0 bridgehead atoms. The van der Waals surface area contributed by atoms with E-state index in [0.29, 0.717) is 11.5 Å². The molecule has 0 radical (unpaired) electrons. The first kappa shape index (κ1) is 13.8. The average molecular weight is 237 g/mol. The first-order chi connectivity index (χ1) is 7.97. The van der Waals surface area contributed by atoms with E-state index < -0.39 is 0 Å². The van der Waals surface area contributed by atoms with Gasteiger partial charge in [-0.05, 0) is 31.5 Å². The van der Waals surface area contributed by atoms with Crippen LogP contribution in [0.5, 0.6) is 11.5 Å². The van der Waals surface area contributed by atoms with E-state index in [2.05, 4.69) is 25.7 Å². The Bertz CT molecular complexity index is 343. The zero-order chi connectivity index (χ0) is 13.0. The lowest BCUT2D eigenvalue weighted by Gasteiger charge is -2.30. The van der Waals surface area contributed by atoms with Crippen molar-refractivity contribution in [2.75, 3.05) is 13.1 Å². The third-order valence-electron chi connectivity index (χ3n) is 3.03. The largest absolute Gasteiger partial charge is 0.507 e. The van der Waals surface area contributed by atoms with E-state index in [1.807, 2.05) is 6.92 Å². The van der Waals surface area contributed by atoms with Crippen molar-refractivity contribution in [2.45, 2.75) is 33.7 Å². The van der Waals surface area contributed by atoms with Gasteiger partial charge in [0.1, 0.15) is 11.5 Å². The van der Waals surface area contributed by atoms with Crippen molar-refractivity contribution in [3.63, 3.8) is 0 Å². The normalized spacial score (nSPS) is 13.3. The number of phenols is 2. The smallest absolute Gasteiger partial charge is 0.124 e. The fraction of sp³-hybridized carbons (Fsp3) is 0.571. The second-order valence-electron chi connectivity index (χ2n) is 4.87. The fourth-order valence-corrected chi connectivity index (χ4v) is 2.18. The molecule has 3 nitrogen and oxygen atoms in total. The molecule has 1 unspecified atom stereocenters. The van der Waals surface area contributed by atoms with Crippen molar-refractivity contribution in [3.05, 3.63) is 23.8 Å². The molecular weight excluding hydrogens is 214 g/mol. The van der Waals surface area contributed by atoms with Crippen molar-refractivity contribution >= 4 is 0 Å². The quantitative estimate of drug-likeness (QED) is 0.827. The summed E-state index contributed by atoms with van der Waals surface area (Å²) in [7, 11) is 0. The number of nitrogens with zero attached hydrogens (tertiary/aromatic N) is 1. The van der Waals surface area contributed by atoms with Crippen molar-refractivity contribution in [1.82, 2.24) is 4.90 Å². The van der Waals surface area contributed by atoms with E-state index in [0.717, 1.165) is 13.1 Å². The lowest BCUT2D eigenvalue weighted by molar-refractivity contribution is 0.191. The van der Waals surface area contributed by atoms with Crippen LogP contribution in [0.2, 0.25) is 0 Å². The van der Waals surface area contributed by atoms with Crippen LogP contribution < -0.4 is 0 Å². The number of phenolic OH excluding ortho intramolecular Hbond substituents is 2. The first-order valence-electron chi connectivity index (χ1n) is 6.22. The topological polar surface area (TPSA) is 43.7 Å². The first-order valence-corrected chi connectivity index (χ1v) is 6.22. The summed E-state index contributed by atoms with van der Waals surface area (Å²) in [6.45, 7) is 10.3. The Morgan fingerprint density at radius 1 is 1.12 bits per heavy atom. The predicted molar refractivity (Wildman–Crippen MR) is 70.3 cm³/mol. The fourth-order valence-electron chi connectivity index (χ4n) is 2.18. The molecule has 2 N–H and O–H groups in total. The van der Waals surface area contributed by atoms with Gasteiger partial charge in [0.2, 0.25) is 0 Å². The van der Waals surface area contributed by atoms with Crippen molar-refractivity contribution in [1.29, 1.82) is 0 Å². The Balaban J connectivity index is 2.97. The van der Waals surface area contributed by atoms with Crippen LogP contribution in [0.25, 0.3) is 0 Å². The maximum Gasteiger partial charge on any atom is 0.124 e. The van der Waals surface area contributed by atoms with Crippen molar-refractivity contribution < 1.29 is 10.2 Å². The van der Waals surface area contributed by atoms with Crippen molar-refractivity contribution in [2.24, 2.45) is 5.92 Å². The molecule has 0 saturated carbocycles. The van der Waals surface area contributed by atoms with Gasteiger partial charge in [0.05, 0.1) is 5.56 Å². The third-order valence-corrected chi connectivity index (χ3v) is 3.03. The molecule has 1 atom stereocenters. The molecule has 1 rings (SSSR count). The van der Waals surface area contributed by atoms with Crippen molar-refractivity contribution in [3.8, 4) is 11.5 Å². The predicted octanol–water partition coefficient (Wildman–Crippen LogP) is 3.14. The molecule has 0 spiro atoms. The second-order valence-corrected chi connectivity index (χ2v) is 4.87. The summed E-state index contributed by atoms with van der Waals surface area (Å²) < 4.78 is 0. The molecule has 0 aliphatic rings. The van der Waals surface area contributed by atoms with E-state index in [9.17, 15) is 10.2 Å². The van der Waals surface area contributed by atoms with Crippen LogP contribution in [0.1, 0.15) is 39.3 Å². The summed E-state index contributed by atoms with van der Waals surface area (Å²) >= 11 is 0. The molecule has 0 aromatic heterocycles. The van der Waals surface area contributed by atoms with Crippen LogP contribution in [0.4, 0.5) is 0 Å². The SMILES string of the molecule is CCN(CC(C)C)C(C)c1c(O)cccc1O. The highest BCUT2D eigenvalue weighted by Crippen LogP contribution is 2.35. The van der Waals surface area contributed by atoms with Gasteiger partial charge in [-0.1, -0.05) is 26.8 Å². The van der Waals surface area contributed by atoms with Gasteiger partial charge in [0.25, 0.3) is 0 Å². The van der Waals surface area contributed by atoms with E-state index in [1.165, 1.54) is 0 Å². The summed E-state index contributed by atoms with van der Waals surface area (Å²) in [4.78, 5) is 2.25. The highest BCUT2D eigenvalue weighted by molar-refractivity contribution is 5.44. The van der Waals surface area contributed by atoms with Gasteiger partial charge in [0.15, 0.2) is 0 Å². The number of hydrogen-bond donors (Lipinski definition) is 2. The molecule has 0 saturated heterocycles. The minimum absolute atomic E-state index is 0.0172. The van der Waals surface area contributed by atoms with E-state index in [4.69, 9.17) is 0 Å². The Kier molecular flexibility index (Phi) is 4.82. The van der Waals surface area contributed by atoms with Crippen LogP contribution in [0.15, 0.2) is 18.2 Å². The van der Waals surface area contributed by atoms with Gasteiger partial charge in [0, 0.05) is 12.6 Å². The van der Waals surface area contributed by atoms with E-state index in [1.54, 1.807) is 18.2 Å². The Morgan fingerprint density at radius 3 is 2.06 bits per heavy atom. The van der Waals surface area contributed by atoms with Gasteiger partial charge in [-0.25, -0.2) is 0 Å². The van der Waals surface area contributed by atoms with Gasteiger partial charge < -0.3 is 10.2 Å². The summed E-state index contributed by atoms with van der Waals surface area (Å²) in [5.74, 6) is 0.893. The van der Waals surface area contributed by atoms with E-state index >= 15 is 0 Å². The average Bonchev–Trinajstić information content (AvgIpc) is 2.25. The molecule has 3 heteroatoms. The van der Waals surface area contributed by atoms with Gasteiger partial charge in [-0.3, -0.25) is 4.90 Å². The number of benzene rings is 1. The second kappa shape index (κ2) is 5.92. The highest BCUT2D eigenvalue weighted by atomic mass is 16.3. The molecule has 1 aromatic rings. The Labute approximate surface area is 104 Å². The number of rotatable bonds is 5. The molecule has 0 heterocycles. The highest BCUT2D eigenvalue weighted by Gasteiger charge is 2.21. The van der Waals surface area contributed by atoms with Crippen LogP contribution >= 0.6 is 0 Å². The summed E-state index contributed by atoms with van der Waals surface area (Å²) in [5, 5.41) is 19.7. The Hall–Kier alpha value is -1.22. The summed E-state index contributed by atoms with van der Waals surface area (Å²) in [6, 6.07) is 4.91. The number of hydrogen-bond acceptors (Lipinski definition) is 3. The zero-order valence-electron chi connectivity index (χ0n) is 11.1. The minimum atomic E-state index is 0.0172. The van der Waals surface area contributed by atoms with Gasteiger partial charge >= 0.3 is 0 Å². The zero-order valence-corrected chi connectivity index (χ0v) is 11.1. The lowest BCUT2D eigenvalue weighted by Crippen LogP contribution is -2.30. The molecule has 0 aliphatic heterocycles. The van der Waals surface area contributed by atoms with Gasteiger partial charge in [-0.15, -0.1) is 0 Å². The standard InChI is InChI=1S/C14H23NO2/c1-5-15(9-10(2)3)11(4)14-12(16)7-6-8-13(14)17/h6-8,10-11,16-17H,5,9H2,1-4H3.